The Hall–Kier alpha value is -2.38. The van der Waals surface area contributed by atoms with Crippen molar-refractivity contribution in [3.05, 3.63) is 54.1 Å². The molecule has 2 aromatic rings. The highest BCUT2D eigenvalue weighted by atomic mass is 32.2. The van der Waals surface area contributed by atoms with Gasteiger partial charge in [0.1, 0.15) is 12.4 Å². The zero-order chi connectivity index (χ0) is 18.4. The van der Waals surface area contributed by atoms with Crippen molar-refractivity contribution in [2.45, 2.75) is 29.7 Å². The van der Waals surface area contributed by atoms with Crippen molar-refractivity contribution in [3.8, 4) is 5.75 Å². The van der Waals surface area contributed by atoms with Crippen molar-refractivity contribution in [2.24, 2.45) is 5.73 Å². The lowest BCUT2D eigenvalue weighted by Gasteiger charge is -2.10. The minimum Gasteiger partial charge on any atom is -0.492 e. The predicted octanol–water partition coefficient (Wildman–Crippen LogP) is 2.42. The van der Waals surface area contributed by atoms with Crippen LogP contribution in [0.25, 0.3) is 0 Å². The van der Waals surface area contributed by atoms with Gasteiger partial charge in [-0.15, -0.1) is 0 Å². The molecule has 1 atom stereocenters. The lowest BCUT2D eigenvalue weighted by Crippen LogP contribution is -2.23. The molecule has 0 spiro atoms. The maximum absolute atomic E-state index is 12.6. The molecule has 0 fully saturated rings. The molecule has 134 valence electrons. The van der Waals surface area contributed by atoms with E-state index in [1.807, 2.05) is 6.92 Å². The van der Waals surface area contributed by atoms with E-state index in [0.29, 0.717) is 17.9 Å². The molecule has 2 aromatic carbocycles. The molecule has 2 rings (SSSR count). The zero-order valence-corrected chi connectivity index (χ0v) is 15.0. The Bertz CT molecular complexity index is 812. The van der Waals surface area contributed by atoms with Gasteiger partial charge in [0.15, 0.2) is 0 Å². The fourth-order valence-corrected chi connectivity index (χ4v) is 3.32. The van der Waals surface area contributed by atoms with Gasteiger partial charge in [0, 0.05) is 6.04 Å². The molecule has 0 bridgehead atoms. The molecule has 7 heteroatoms. The second-order valence-electron chi connectivity index (χ2n) is 5.51. The summed E-state index contributed by atoms with van der Waals surface area (Å²) in [6.07, 6.45) is 0. The number of rotatable bonds is 7. The van der Waals surface area contributed by atoms with Crippen LogP contribution in [0, 0.1) is 0 Å². The first-order valence-electron chi connectivity index (χ1n) is 7.85. The van der Waals surface area contributed by atoms with Crippen LogP contribution in [0.4, 0.5) is 0 Å². The molecule has 2 N–H and O–H groups in total. The van der Waals surface area contributed by atoms with E-state index in [4.69, 9.17) is 15.2 Å². The van der Waals surface area contributed by atoms with E-state index in [2.05, 4.69) is 0 Å². The Kier molecular flexibility index (Phi) is 6.17. The van der Waals surface area contributed by atoms with Crippen LogP contribution in [-0.4, -0.2) is 33.6 Å². The third kappa shape index (κ3) is 4.80. The second kappa shape index (κ2) is 8.13. The van der Waals surface area contributed by atoms with Crippen molar-refractivity contribution in [1.29, 1.82) is 0 Å². The number of carbonyl (C=O) groups is 1. The summed E-state index contributed by atoms with van der Waals surface area (Å²) in [6, 6.07) is 11.7. The number of benzene rings is 2. The molecule has 25 heavy (non-hydrogen) atoms. The van der Waals surface area contributed by atoms with Crippen molar-refractivity contribution in [1.82, 2.24) is 0 Å². The number of esters is 1. The van der Waals surface area contributed by atoms with Crippen LogP contribution in [-0.2, 0) is 14.6 Å². The first-order chi connectivity index (χ1) is 11.8. The second-order valence-corrected chi connectivity index (χ2v) is 7.46. The van der Waals surface area contributed by atoms with Crippen LogP contribution in [0.5, 0.6) is 5.75 Å². The molecule has 0 radical (unpaired) electrons. The first-order valence-corrected chi connectivity index (χ1v) is 9.33. The van der Waals surface area contributed by atoms with Gasteiger partial charge in [0.2, 0.25) is 9.84 Å². The van der Waals surface area contributed by atoms with Crippen molar-refractivity contribution < 1.29 is 22.7 Å². The topological polar surface area (TPSA) is 95.7 Å². The van der Waals surface area contributed by atoms with Crippen molar-refractivity contribution in [2.75, 3.05) is 13.2 Å². The summed E-state index contributed by atoms with van der Waals surface area (Å²) in [6.45, 7) is 4.13. The average Bonchev–Trinajstić information content (AvgIpc) is 2.60. The minimum atomic E-state index is -3.67. The fourth-order valence-electron chi connectivity index (χ4n) is 2.06. The van der Waals surface area contributed by atoms with E-state index >= 15 is 0 Å². The quantitative estimate of drug-likeness (QED) is 0.759. The lowest BCUT2D eigenvalue weighted by atomic mass is 10.2. The average molecular weight is 363 g/mol. The Morgan fingerprint density at radius 2 is 1.56 bits per heavy atom. The van der Waals surface area contributed by atoms with Crippen LogP contribution < -0.4 is 10.5 Å². The summed E-state index contributed by atoms with van der Waals surface area (Å²) in [4.78, 5) is 11.9. The van der Waals surface area contributed by atoms with Crippen LogP contribution in [0.3, 0.4) is 0 Å². The Labute approximate surface area is 147 Å². The van der Waals surface area contributed by atoms with Gasteiger partial charge in [0.05, 0.1) is 22.0 Å². The van der Waals surface area contributed by atoms with Crippen LogP contribution >= 0.6 is 0 Å². The molecule has 0 saturated heterocycles. The maximum Gasteiger partial charge on any atom is 0.338 e. The van der Waals surface area contributed by atoms with Gasteiger partial charge in [-0.3, -0.25) is 0 Å². The number of nitrogens with two attached hydrogens (primary N) is 1. The monoisotopic (exact) mass is 363 g/mol. The highest BCUT2D eigenvalue weighted by Gasteiger charge is 2.18. The molecular formula is C18H21NO5S. The molecular weight excluding hydrogens is 342 g/mol. The largest absolute Gasteiger partial charge is 0.492 e. The summed E-state index contributed by atoms with van der Waals surface area (Å²) in [5, 5.41) is 0. The van der Waals surface area contributed by atoms with E-state index in [0.717, 1.165) is 0 Å². The van der Waals surface area contributed by atoms with Crippen LogP contribution in [0.15, 0.2) is 58.3 Å². The van der Waals surface area contributed by atoms with Crippen molar-refractivity contribution >= 4 is 15.8 Å². The Morgan fingerprint density at radius 3 is 2.04 bits per heavy atom. The van der Waals surface area contributed by atoms with E-state index in [1.54, 1.807) is 19.1 Å². The van der Waals surface area contributed by atoms with Gasteiger partial charge in [-0.1, -0.05) is 0 Å². The fraction of sp³-hybridized carbons (Fsp3) is 0.278. The molecule has 6 nitrogen and oxygen atoms in total. The summed E-state index contributed by atoms with van der Waals surface area (Å²) >= 11 is 0. The van der Waals surface area contributed by atoms with Gasteiger partial charge in [-0.25, -0.2) is 13.2 Å². The summed E-state index contributed by atoms with van der Waals surface area (Å²) in [7, 11) is -3.67. The van der Waals surface area contributed by atoms with Gasteiger partial charge >= 0.3 is 5.97 Å². The summed E-state index contributed by atoms with van der Waals surface area (Å²) in [5.41, 5.74) is 5.92. The number of hydrogen-bond donors (Lipinski definition) is 1. The molecule has 0 aliphatic carbocycles. The number of carbonyl (C=O) groups excluding carboxylic acids is 1. The van der Waals surface area contributed by atoms with Crippen molar-refractivity contribution in [3.63, 3.8) is 0 Å². The standard InChI is InChI=1S/C18H21NO5S/c1-3-23-18(20)14-4-8-16(9-5-14)25(21,22)17-10-6-15(7-11-17)24-12-13(2)19/h4-11,13H,3,12,19H2,1-2H3/t13-/m1/s1. The van der Waals surface area contributed by atoms with Gasteiger partial charge in [-0.05, 0) is 62.4 Å². The molecule has 0 heterocycles. The molecule has 0 unspecified atom stereocenters. The van der Waals surface area contributed by atoms with E-state index in [-0.39, 0.29) is 22.4 Å². The van der Waals surface area contributed by atoms with E-state index < -0.39 is 15.8 Å². The molecule has 0 amide bonds. The predicted molar refractivity (Wildman–Crippen MR) is 93.4 cm³/mol. The third-order valence-corrected chi connectivity index (χ3v) is 5.11. The van der Waals surface area contributed by atoms with Gasteiger partial charge in [0.25, 0.3) is 0 Å². The van der Waals surface area contributed by atoms with E-state index in [9.17, 15) is 13.2 Å². The normalized spacial score (nSPS) is 12.4. The number of hydrogen-bond acceptors (Lipinski definition) is 6. The highest BCUT2D eigenvalue weighted by Crippen LogP contribution is 2.23. The number of sulfone groups is 1. The summed E-state index contributed by atoms with van der Waals surface area (Å²) < 4.78 is 35.6. The first kappa shape index (κ1) is 19.0. The molecule has 0 saturated carbocycles. The zero-order valence-electron chi connectivity index (χ0n) is 14.1. The van der Waals surface area contributed by atoms with Gasteiger partial charge < -0.3 is 15.2 Å². The van der Waals surface area contributed by atoms with Crippen LogP contribution in [0.2, 0.25) is 0 Å². The smallest absolute Gasteiger partial charge is 0.338 e. The Morgan fingerprint density at radius 1 is 1.04 bits per heavy atom. The van der Waals surface area contributed by atoms with Crippen LogP contribution in [0.1, 0.15) is 24.2 Å². The molecule has 0 aliphatic rings. The summed E-state index contributed by atoms with van der Waals surface area (Å²) in [5.74, 6) is 0.0657. The highest BCUT2D eigenvalue weighted by molar-refractivity contribution is 7.91. The third-order valence-electron chi connectivity index (χ3n) is 3.32. The molecule has 0 aromatic heterocycles. The lowest BCUT2D eigenvalue weighted by molar-refractivity contribution is 0.0526. The Balaban J connectivity index is 2.19. The number of ether oxygens (including phenoxy) is 2. The van der Waals surface area contributed by atoms with E-state index in [1.165, 1.54) is 36.4 Å². The maximum atomic E-state index is 12.6. The molecule has 0 aliphatic heterocycles. The minimum absolute atomic E-state index is 0.102. The van der Waals surface area contributed by atoms with Gasteiger partial charge in [-0.2, -0.15) is 0 Å². The SMILES string of the molecule is CCOC(=O)c1ccc(S(=O)(=O)c2ccc(OC[C@@H](C)N)cc2)cc1.